The van der Waals surface area contributed by atoms with Crippen LogP contribution in [0.2, 0.25) is 0 Å². The number of aliphatic hydroxyl groups excluding tert-OH is 1. The molecule has 0 aliphatic carbocycles. The van der Waals surface area contributed by atoms with Gasteiger partial charge >= 0.3 is 0 Å². The number of aryl methyl sites for hydroxylation is 1. The Morgan fingerprint density at radius 2 is 1.49 bits per heavy atom. The number of rotatable bonds is 12. The van der Waals surface area contributed by atoms with Crippen molar-refractivity contribution in [2.75, 3.05) is 20.2 Å². The van der Waals surface area contributed by atoms with Crippen molar-refractivity contribution in [3.8, 4) is 28.6 Å². The first-order valence-corrected chi connectivity index (χ1v) is 12.8. The summed E-state index contributed by atoms with van der Waals surface area (Å²) in [5, 5.41) is 15.9. The topological polar surface area (TPSA) is 59.8 Å². The van der Waals surface area contributed by atoms with Crippen molar-refractivity contribution in [2.45, 2.75) is 32.9 Å². The van der Waals surface area contributed by atoms with E-state index in [9.17, 15) is 5.11 Å². The molecule has 1 heterocycles. The number of hydrogen-bond donors (Lipinski definition) is 1. The van der Waals surface area contributed by atoms with Crippen LogP contribution in [0.5, 0.6) is 17.4 Å². The summed E-state index contributed by atoms with van der Waals surface area (Å²) in [6.07, 6.45) is 0.132. The Kier molecular flexibility index (Phi) is 8.99. The van der Waals surface area contributed by atoms with E-state index in [0.717, 1.165) is 34.7 Å². The largest absolute Gasteiger partial charge is 0.497 e. The zero-order chi connectivity index (χ0) is 26.2. The highest BCUT2D eigenvalue weighted by molar-refractivity contribution is 5.65. The third-order valence-electron chi connectivity index (χ3n) is 6.20. The molecule has 0 radical (unpaired) electrons. The maximum atomic E-state index is 11.0. The molecular formula is C31H37N3O3. The maximum Gasteiger partial charge on any atom is 0.222 e. The molecule has 0 saturated carbocycles. The molecule has 0 fully saturated rings. The lowest BCUT2D eigenvalue weighted by Crippen LogP contribution is -2.35. The Labute approximate surface area is 220 Å². The number of nitrogens with zero attached hydrogens (tertiary/aromatic N) is 3. The van der Waals surface area contributed by atoms with Gasteiger partial charge in [0, 0.05) is 32.2 Å². The highest BCUT2D eigenvalue weighted by Gasteiger charge is 2.24. The molecular weight excluding hydrogens is 462 g/mol. The zero-order valence-electron chi connectivity index (χ0n) is 22.2. The summed E-state index contributed by atoms with van der Waals surface area (Å²) < 4.78 is 13.5. The molecule has 0 aliphatic heterocycles. The lowest BCUT2D eigenvalue weighted by molar-refractivity contribution is 0.101. The van der Waals surface area contributed by atoms with Gasteiger partial charge in [-0.25, -0.2) is 4.68 Å². The summed E-state index contributed by atoms with van der Waals surface area (Å²) in [4.78, 5) is 2.31. The summed E-state index contributed by atoms with van der Waals surface area (Å²) in [5.41, 5.74) is 4.05. The summed E-state index contributed by atoms with van der Waals surface area (Å²) >= 11 is 0. The molecule has 1 aromatic heterocycles. The molecule has 1 unspecified atom stereocenters. The van der Waals surface area contributed by atoms with Crippen molar-refractivity contribution in [1.82, 2.24) is 14.7 Å². The second-order valence-electron chi connectivity index (χ2n) is 9.83. The number of methoxy groups -OCH3 is 1. The Bertz CT molecular complexity index is 1240. The van der Waals surface area contributed by atoms with Crippen molar-refractivity contribution in [3.63, 3.8) is 0 Å². The van der Waals surface area contributed by atoms with Crippen LogP contribution < -0.4 is 9.47 Å². The minimum absolute atomic E-state index is 0.437. The van der Waals surface area contributed by atoms with Gasteiger partial charge in [0.15, 0.2) is 0 Å². The van der Waals surface area contributed by atoms with Gasteiger partial charge < -0.3 is 14.6 Å². The SMILES string of the molecule is COc1ccc(Oc2c(CN(CC(C)C)CC(O)Cc3ccccc3)c(-c3ccccc3)nn2C)cc1. The van der Waals surface area contributed by atoms with Gasteiger partial charge in [-0.3, -0.25) is 4.90 Å². The minimum Gasteiger partial charge on any atom is -0.497 e. The molecule has 0 amide bonds. The second-order valence-corrected chi connectivity index (χ2v) is 9.83. The van der Waals surface area contributed by atoms with Crippen LogP contribution in [-0.4, -0.2) is 46.1 Å². The molecule has 0 aliphatic rings. The smallest absolute Gasteiger partial charge is 0.222 e. The molecule has 3 aromatic carbocycles. The predicted octanol–water partition coefficient (Wildman–Crippen LogP) is 5.95. The highest BCUT2D eigenvalue weighted by atomic mass is 16.5. The van der Waals surface area contributed by atoms with Gasteiger partial charge in [0.05, 0.1) is 18.8 Å². The molecule has 0 saturated heterocycles. The van der Waals surface area contributed by atoms with Gasteiger partial charge in [-0.1, -0.05) is 74.5 Å². The van der Waals surface area contributed by atoms with E-state index in [1.54, 1.807) is 11.8 Å². The maximum absolute atomic E-state index is 11.0. The van der Waals surface area contributed by atoms with Crippen molar-refractivity contribution >= 4 is 0 Å². The lowest BCUT2D eigenvalue weighted by atomic mass is 10.0. The highest BCUT2D eigenvalue weighted by Crippen LogP contribution is 2.34. The molecule has 0 bridgehead atoms. The van der Waals surface area contributed by atoms with Gasteiger partial charge in [-0.2, -0.15) is 5.10 Å². The first-order valence-electron chi connectivity index (χ1n) is 12.8. The molecule has 4 rings (SSSR count). The van der Waals surface area contributed by atoms with E-state index in [4.69, 9.17) is 14.6 Å². The van der Waals surface area contributed by atoms with Crippen LogP contribution in [0.25, 0.3) is 11.3 Å². The Hall–Kier alpha value is -3.61. The van der Waals surface area contributed by atoms with Gasteiger partial charge in [0.1, 0.15) is 17.2 Å². The molecule has 0 spiro atoms. The van der Waals surface area contributed by atoms with E-state index in [1.807, 2.05) is 67.7 Å². The standard InChI is InChI=1S/C31H37N3O3/c1-23(2)20-34(21-26(35)19-24-11-7-5-8-12-24)22-29-30(25-13-9-6-10-14-25)32-33(3)31(29)37-28-17-15-27(36-4)16-18-28/h5-18,23,26,35H,19-22H2,1-4H3. The fourth-order valence-electron chi connectivity index (χ4n) is 4.60. The number of aliphatic hydroxyl groups is 1. The van der Waals surface area contributed by atoms with Crippen molar-refractivity contribution in [2.24, 2.45) is 13.0 Å². The van der Waals surface area contributed by atoms with Crippen molar-refractivity contribution < 1.29 is 14.6 Å². The second kappa shape index (κ2) is 12.6. The predicted molar refractivity (Wildman–Crippen MR) is 148 cm³/mol. The zero-order valence-corrected chi connectivity index (χ0v) is 22.2. The van der Waals surface area contributed by atoms with Gasteiger partial charge in [-0.15, -0.1) is 0 Å². The third kappa shape index (κ3) is 7.21. The summed E-state index contributed by atoms with van der Waals surface area (Å²) in [5.74, 6) is 2.62. The van der Waals surface area contributed by atoms with Gasteiger partial charge in [-0.05, 0) is 42.2 Å². The normalized spacial score (nSPS) is 12.2. The van der Waals surface area contributed by atoms with E-state index >= 15 is 0 Å². The first-order chi connectivity index (χ1) is 17.9. The number of aromatic nitrogens is 2. The average Bonchev–Trinajstić information content (AvgIpc) is 3.19. The molecule has 1 N–H and O–H groups in total. The Morgan fingerprint density at radius 1 is 0.865 bits per heavy atom. The van der Waals surface area contributed by atoms with Gasteiger partial charge in [0.2, 0.25) is 5.88 Å². The molecule has 6 nitrogen and oxygen atoms in total. The lowest BCUT2D eigenvalue weighted by Gasteiger charge is -2.27. The molecule has 6 heteroatoms. The monoisotopic (exact) mass is 499 g/mol. The Balaban J connectivity index is 1.65. The van der Waals surface area contributed by atoms with Crippen molar-refractivity contribution in [3.05, 3.63) is 96.1 Å². The van der Waals surface area contributed by atoms with Crippen LogP contribution in [0.4, 0.5) is 0 Å². The van der Waals surface area contributed by atoms with E-state index in [0.29, 0.717) is 37.1 Å². The van der Waals surface area contributed by atoms with Crippen LogP contribution in [0.15, 0.2) is 84.9 Å². The quantitative estimate of drug-likeness (QED) is 0.261. The molecule has 194 valence electrons. The first kappa shape index (κ1) is 26.5. The fraction of sp³-hybridized carbons (Fsp3) is 0.323. The summed E-state index contributed by atoms with van der Waals surface area (Å²) in [6, 6.07) is 27.9. The van der Waals surface area contributed by atoms with E-state index < -0.39 is 6.10 Å². The van der Waals surface area contributed by atoms with Crippen LogP contribution in [0, 0.1) is 5.92 Å². The summed E-state index contributed by atoms with van der Waals surface area (Å²) in [6.45, 7) is 6.40. The Morgan fingerprint density at radius 3 is 2.11 bits per heavy atom. The molecule has 4 aromatic rings. The van der Waals surface area contributed by atoms with Crippen LogP contribution in [-0.2, 0) is 20.0 Å². The minimum atomic E-state index is -0.482. The van der Waals surface area contributed by atoms with Crippen LogP contribution >= 0.6 is 0 Å². The number of hydrogen-bond acceptors (Lipinski definition) is 5. The average molecular weight is 500 g/mol. The fourth-order valence-corrected chi connectivity index (χ4v) is 4.60. The van der Waals surface area contributed by atoms with Gasteiger partial charge in [0.25, 0.3) is 0 Å². The van der Waals surface area contributed by atoms with E-state index in [1.165, 1.54) is 0 Å². The molecule has 1 atom stereocenters. The number of benzene rings is 3. The third-order valence-corrected chi connectivity index (χ3v) is 6.20. The van der Waals surface area contributed by atoms with Crippen molar-refractivity contribution in [1.29, 1.82) is 0 Å². The summed E-state index contributed by atoms with van der Waals surface area (Å²) in [7, 11) is 3.56. The van der Waals surface area contributed by atoms with Crippen LogP contribution in [0.1, 0.15) is 25.0 Å². The van der Waals surface area contributed by atoms with Crippen LogP contribution in [0.3, 0.4) is 0 Å². The number of ether oxygens (including phenoxy) is 2. The van der Waals surface area contributed by atoms with E-state index in [2.05, 4.69) is 43.0 Å². The van der Waals surface area contributed by atoms with E-state index in [-0.39, 0.29) is 0 Å². The molecule has 37 heavy (non-hydrogen) atoms.